The van der Waals surface area contributed by atoms with Gasteiger partial charge in [-0.25, -0.2) is 9.37 Å². The molecule has 0 spiro atoms. The smallest absolute Gasteiger partial charge is 0.270 e. The maximum Gasteiger partial charge on any atom is 0.270 e. The highest BCUT2D eigenvalue weighted by Gasteiger charge is 2.37. The van der Waals surface area contributed by atoms with Crippen LogP contribution in [0.4, 0.5) is 15.9 Å². The normalized spacial score (nSPS) is 19.4. The second kappa shape index (κ2) is 9.21. The second-order valence-corrected chi connectivity index (χ2v) is 9.47. The summed E-state index contributed by atoms with van der Waals surface area (Å²) in [5.74, 6) is 0.914. The molecule has 184 valence electrons. The lowest BCUT2D eigenvalue weighted by atomic mass is 9.98. The Morgan fingerprint density at radius 3 is 2.50 bits per heavy atom. The number of hydrogen-bond acceptors (Lipinski definition) is 5. The molecule has 1 fully saturated rings. The van der Waals surface area contributed by atoms with Crippen molar-refractivity contribution in [3.05, 3.63) is 93.8 Å². The molecule has 5 rings (SSSR count). The Morgan fingerprint density at radius 2 is 1.83 bits per heavy atom. The van der Waals surface area contributed by atoms with Gasteiger partial charge in [-0.15, -0.1) is 4.98 Å². The molecule has 0 N–H and O–H groups in total. The first kappa shape index (κ1) is 23.7. The van der Waals surface area contributed by atoms with E-state index in [-0.39, 0.29) is 29.5 Å². The summed E-state index contributed by atoms with van der Waals surface area (Å²) in [6.07, 6.45) is 3.70. The molecule has 4 aromatic rings. The molecular formula is C27H28FN7O. The highest BCUT2D eigenvalue weighted by molar-refractivity contribution is 5.89. The quantitative estimate of drug-likeness (QED) is 0.408. The zero-order valence-corrected chi connectivity index (χ0v) is 20.8. The van der Waals surface area contributed by atoms with Gasteiger partial charge >= 0.3 is 0 Å². The summed E-state index contributed by atoms with van der Waals surface area (Å²) in [7, 11) is 3.69. The Balaban J connectivity index is 1.56. The SMILES string of the molecule is [C-]#[N+]c1ccc2c(n1)c(N1C[C@@H](C)N(C(c3ccc(F)cc3)c3nccn3C)C[C@@H]1C)cc(=O)n2C. The van der Waals surface area contributed by atoms with E-state index < -0.39 is 0 Å². The Morgan fingerprint density at radius 1 is 1.08 bits per heavy atom. The lowest BCUT2D eigenvalue weighted by molar-refractivity contribution is 0.124. The molecule has 0 saturated carbocycles. The van der Waals surface area contributed by atoms with Crippen LogP contribution in [0.3, 0.4) is 0 Å². The minimum atomic E-state index is -0.271. The average Bonchev–Trinajstić information content (AvgIpc) is 3.29. The van der Waals surface area contributed by atoms with Crippen molar-refractivity contribution in [3.8, 4) is 0 Å². The number of pyridine rings is 2. The molecule has 9 heteroatoms. The monoisotopic (exact) mass is 485 g/mol. The van der Waals surface area contributed by atoms with Crippen LogP contribution in [-0.4, -0.2) is 49.2 Å². The number of nitrogens with zero attached hydrogens (tertiary/aromatic N) is 7. The first-order chi connectivity index (χ1) is 17.3. The molecule has 36 heavy (non-hydrogen) atoms. The highest BCUT2D eigenvalue weighted by Crippen LogP contribution is 2.35. The second-order valence-electron chi connectivity index (χ2n) is 9.47. The maximum atomic E-state index is 13.7. The Labute approximate surface area is 209 Å². The standard InChI is InChI=1S/C27H28FN7O/c1-17-16-35(26(27-30-12-13-32(27)4)19-6-8-20(28)9-7-19)18(2)15-34(17)22-14-24(36)33(5)21-10-11-23(29-3)31-25(21)22/h6-14,17-18,26H,15-16H2,1-2,4-5H3/t17-,18+,26?/m0/s1. The number of fused-ring (bicyclic) bond motifs is 1. The number of hydrogen-bond donors (Lipinski definition) is 0. The molecule has 4 heterocycles. The minimum absolute atomic E-state index is 0.0399. The van der Waals surface area contributed by atoms with E-state index in [4.69, 9.17) is 6.57 Å². The van der Waals surface area contributed by atoms with Crippen LogP contribution >= 0.6 is 0 Å². The van der Waals surface area contributed by atoms with Crippen LogP contribution in [-0.2, 0) is 14.1 Å². The topological polar surface area (TPSA) is 63.6 Å². The summed E-state index contributed by atoms with van der Waals surface area (Å²) in [5, 5.41) is 0. The number of piperazine rings is 1. The zero-order valence-electron chi connectivity index (χ0n) is 20.8. The Kier molecular flexibility index (Phi) is 6.06. The summed E-state index contributed by atoms with van der Waals surface area (Å²) < 4.78 is 17.3. The number of aromatic nitrogens is 4. The van der Waals surface area contributed by atoms with Crippen molar-refractivity contribution in [2.24, 2.45) is 14.1 Å². The van der Waals surface area contributed by atoms with Crippen molar-refractivity contribution >= 4 is 22.5 Å². The van der Waals surface area contributed by atoms with E-state index in [1.54, 1.807) is 36.0 Å². The van der Waals surface area contributed by atoms with Crippen molar-refractivity contribution in [3.63, 3.8) is 0 Å². The van der Waals surface area contributed by atoms with E-state index in [0.717, 1.165) is 17.1 Å². The molecule has 0 bridgehead atoms. The van der Waals surface area contributed by atoms with Gasteiger partial charge in [-0.05, 0) is 43.7 Å². The lowest BCUT2D eigenvalue weighted by Gasteiger charge is -2.48. The fourth-order valence-corrected chi connectivity index (χ4v) is 5.21. The Hall–Kier alpha value is -4.03. The van der Waals surface area contributed by atoms with Crippen molar-refractivity contribution in [1.82, 2.24) is 24.0 Å². The molecule has 1 saturated heterocycles. The summed E-state index contributed by atoms with van der Waals surface area (Å²) >= 11 is 0. The van der Waals surface area contributed by atoms with E-state index in [0.29, 0.717) is 29.9 Å². The van der Waals surface area contributed by atoms with Gasteiger partial charge in [-0.1, -0.05) is 18.7 Å². The third-order valence-corrected chi connectivity index (χ3v) is 7.13. The van der Waals surface area contributed by atoms with Gasteiger partial charge < -0.3 is 18.9 Å². The highest BCUT2D eigenvalue weighted by atomic mass is 19.1. The van der Waals surface area contributed by atoms with E-state index in [1.807, 2.05) is 29.9 Å². The third kappa shape index (κ3) is 4.03. The van der Waals surface area contributed by atoms with Crippen LogP contribution in [0.2, 0.25) is 0 Å². The van der Waals surface area contributed by atoms with Gasteiger partial charge in [0.2, 0.25) is 5.52 Å². The number of rotatable bonds is 4. The predicted molar refractivity (Wildman–Crippen MR) is 138 cm³/mol. The molecule has 0 amide bonds. The van der Waals surface area contributed by atoms with E-state index in [1.165, 1.54) is 12.1 Å². The van der Waals surface area contributed by atoms with Gasteiger partial charge in [0.1, 0.15) is 11.6 Å². The number of aryl methyl sites for hydroxylation is 2. The fraction of sp³-hybridized carbons (Fsp3) is 0.333. The zero-order chi connectivity index (χ0) is 25.6. The molecule has 1 aromatic carbocycles. The predicted octanol–water partition coefficient (Wildman–Crippen LogP) is 4.05. The summed E-state index contributed by atoms with van der Waals surface area (Å²) in [6, 6.07) is 11.6. The van der Waals surface area contributed by atoms with E-state index in [2.05, 4.69) is 38.5 Å². The number of halogens is 1. The molecule has 3 atom stereocenters. The lowest BCUT2D eigenvalue weighted by Crippen LogP contribution is -2.58. The largest absolute Gasteiger partial charge is 0.362 e. The molecule has 1 aliphatic rings. The number of imidazole rings is 1. The molecule has 8 nitrogen and oxygen atoms in total. The third-order valence-electron chi connectivity index (χ3n) is 7.13. The van der Waals surface area contributed by atoms with Gasteiger partial charge in [-0.3, -0.25) is 9.69 Å². The van der Waals surface area contributed by atoms with Crippen molar-refractivity contribution in [1.29, 1.82) is 0 Å². The molecule has 0 aliphatic carbocycles. The van der Waals surface area contributed by atoms with Gasteiger partial charge in [0.15, 0.2) is 0 Å². The van der Waals surface area contributed by atoms with Crippen molar-refractivity contribution in [2.75, 3.05) is 18.0 Å². The molecule has 1 aliphatic heterocycles. The number of benzene rings is 1. The average molecular weight is 486 g/mol. The van der Waals surface area contributed by atoms with E-state index >= 15 is 0 Å². The minimum Gasteiger partial charge on any atom is -0.362 e. The van der Waals surface area contributed by atoms with E-state index in [9.17, 15) is 9.18 Å². The van der Waals surface area contributed by atoms with Crippen LogP contribution in [0.15, 0.2) is 59.7 Å². The summed E-state index contributed by atoms with van der Waals surface area (Å²) in [6.45, 7) is 13.0. The maximum absolute atomic E-state index is 13.7. The van der Waals surface area contributed by atoms with Crippen LogP contribution < -0.4 is 10.5 Å². The summed E-state index contributed by atoms with van der Waals surface area (Å²) in [4.78, 5) is 30.1. The molecule has 1 unspecified atom stereocenters. The molecule has 3 aromatic heterocycles. The first-order valence-electron chi connectivity index (χ1n) is 11.9. The summed E-state index contributed by atoms with van der Waals surface area (Å²) in [5.41, 5.74) is 2.95. The Bertz CT molecular complexity index is 1520. The van der Waals surface area contributed by atoms with Gasteiger partial charge in [0.05, 0.1) is 17.2 Å². The first-order valence-corrected chi connectivity index (χ1v) is 11.9. The van der Waals surface area contributed by atoms with Crippen molar-refractivity contribution < 1.29 is 4.39 Å². The van der Waals surface area contributed by atoms with Crippen LogP contribution in [0.25, 0.3) is 15.9 Å². The van der Waals surface area contributed by atoms with Gasteiger partial charge in [-0.2, -0.15) is 0 Å². The van der Waals surface area contributed by atoms with Crippen molar-refractivity contribution in [2.45, 2.75) is 32.0 Å². The fourth-order valence-electron chi connectivity index (χ4n) is 5.21. The van der Waals surface area contributed by atoms with Crippen LogP contribution in [0, 0.1) is 12.4 Å². The van der Waals surface area contributed by atoms with Gasteiger partial charge in [0.25, 0.3) is 11.4 Å². The number of anilines is 1. The molecule has 0 radical (unpaired) electrons. The van der Waals surface area contributed by atoms with Crippen LogP contribution in [0.1, 0.15) is 31.3 Å². The molecular weight excluding hydrogens is 457 g/mol. The van der Waals surface area contributed by atoms with Gasteiger partial charge in [0, 0.05) is 57.7 Å². The van der Waals surface area contributed by atoms with Crippen LogP contribution in [0.5, 0.6) is 0 Å².